The van der Waals surface area contributed by atoms with Crippen molar-refractivity contribution < 1.29 is 9.47 Å². The highest BCUT2D eigenvalue weighted by Crippen LogP contribution is 2.37. The molecular weight excluding hydrogens is 278 g/mol. The van der Waals surface area contributed by atoms with E-state index < -0.39 is 0 Å². The van der Waals surface area contributed by atoms with Crippen LogP contribution in [0.15, 0.2) is 12.1 Å². The molecule has 4 rings (SSSR count). The molecule has 5 nitrogen and oxygen atoms in total. The molecule has 2 aliphatic heterocycles. The lowest BCUT2D eigenvalue weighted by atomic mass is 10.1. The monoisotopic (exact) mass is 301 g/mol. The zero-order valence-electron chi connectivity index (χ0n) is 13.1. The van der Waals surface area contributed by atoms with Gasteiger partial charge in [0, 0.05) is 24.6 Å². The molecule has 1 aromatic carbocycles. The van der Waals surface area contributed by atoms with Crippen LogP contribution in [0.5, 0.6) is 11.5 Å². The zero-order valence-corrected chi connectivity index (χ0v) is 13.1. The maximum atomic E-state index is 5.76. The number of imidazole rings is 1. The molecule has 2 aliphatic rings. The fourth-order valence-corrected chi connectivity index (χ4v) is 3.55. The molecule has 0 bridgehead atoms. The van der Waals surface area contributed by atoms with E-state index in [-0.39, 0.29) is 0 Å². The Balaban J connectivity index is 1.84. The molecule has 1 aromatic heterocycles. The van der Waals surface area contributed by atoms with E-state index in [1.165, 1.54) is 11.3 Å². The number of benzene rings is 1. The maximum absolute atomic E-state index is 5.76. The van der Waals surface area contributed by atoms with E-state index in [0.29, 0.717) is 19.3 Å². The first-order chi connectivity index (χ1) is 10.9. The minimum absolute atomic E-state index is 0.537. The zero-order chi connectivity index (χ0) is 14.9. The van der Waals surface area contributed by atoms with Gasteiger partial charge in [0.2, 0.25) is 0 Å². The molecule has 2 aromatic rings. The van der Waals surface area contributed by atoms with Gasteiger partial charge in [-0.05, 0) is 32.4 Å². The Kier molecular flexibility index (Phi) is 3.66. The summed E-state index contributed by atoms with van der Waals surface area (Å²) in [6.45, 7) is 5.63. The number of hydrogen-bond donors (Lipinski definition) is 1. The third kappa shape index (κ3) is 2.33. The normalized spacial score (nSPS) is 18.8. The van der Waals surface area contributed by atoms with Crippen LogP contribution < -0.4 is 14.8 Å². The second kappa shape index (κ2) is 5.80. The average Bonchev–Trinajstić information content (AvgIpc) is 2.90. The first kappa shape index (κ1) is 13.9. The number of aryl methyl sites for hydroxylation is 1. The fourth-order valence-electron chi connectivity index (χ4n) is 3.55. The number of hydrogen-bond acceptors (Lipinski definition) is 4. The third-order valence-electron chi connectivity index (χ3n) is 4.57. The van der Waals surface area contributed by atoms with Crippen molar-refractivity contribution in [3.05, 3.63) is 18.0 Å². The minimum atomic E-state index is 0.537. The van der Waals surface area contributed by atoms with Gasteiger partial charge in [0.25, 0.3) is 0 Å². The molecule has 0 aliphatic carbocycles. The van der Waals surface area contributed by atoms with Gasteiger partial charge in [0.1, 0.15) is 19.0 Å². The first-order valence-corrected chi connectivity index (χ1v) is 8.38. The van der Waals surface area contributed by atoms with Crippen molar-refractivity contribution in [2.75, 3.05) is 26.3 Å². The number of nitrogens with one attached hydrogen (secondary N) is 1. The molecule has 1 fully saturated rings. The van der Waals surface area contributed by atoms with Crippen LogP contribution in [-0.4, -0.2) is 35.9 Å². The van der Waals surface area contributed by atoms with E-state index in [9.17, 15) is 0 Å². The second-order valence-corrected chi connectivity index (χ2v) is 6.11. The smallest absolute Gasteiger partial charge is 0.163 e. The molecule has 22 heavy (non-hydrogen) atoms. The van der Waals surface area contributed by atoms with Crippen molar-refractivity contribution >= 4 is 11.0 Å². The van der Waals surface area contributed by atoms with Crippen LogP contribution >= 0.6 is 0 Å². The Morgan fingerprint density at radius 3 is 2.64 bits per heavy atom. The highest BCUT2D eigenvalue weighted by atomic mass is 16.6. The van der Waals surface area contributed by atoms with E-state index >= 15 is 0 Å². The van der Waals surface area contributed by atoms with Crippen LogP contribution in [0.2, 0.25) is 0 Å². The van der Waals surface area contributed by atoms with E-state index in [1.807, 2.05) is 6.07 Å². The maximum Gasteiger partial charge on any atom is 0.163 e. The Morgan fingerprint density at radius 1 is 1.18 bits per heavy atom. The predicted octanol–water partition coefficient (Wildman–Crippen LogP) is 2.68. The molecule has 0 saturated carbocycles. The van der Waals surface area contributed by atoms with E-state index in [4.69, 9.17) is 14.5 Å². The average molecular weight is 301 g/mol. The lowest BCUT2D eigenvalue weighted by Crippen LogP contribution is -2.30. The molecule has 5 heteroatoms. The summed E-state index contributed by atoms with van der Waals surface area (Å²) in [4.78, 5) is 4.89. The molecule has 0 atom stereocenters. The topological polar surface area (TPSA) is 48.3 Å². The van der Waals surface area contributed by atoms with E-state index in [1.54, 1.807) is 0 Å². The Hall–Kier alpha value is -1.75. The number of ether oxygens (including phenoxy) is 2. The van der Waals surface area contributed by atoms with Crippen molar-refractivity contribution in [2.24, 2.45) is 0 Å². The largest absolute Gasteiger partial charge is 0.486 e. The molecule has 1 saturated heterocycles. The SMILES string of the molecule is CCCc1nc2cc3c(cc2n1C1CCNCC1)OCCO3. The van der Waals surface area contributed by atoms with Crippen molar-refractivity contribution in [3.63, 3.8) is 0 Å². The van der Waals surface area contributed by atoms with Crippen LogP contribution in [0, 0.1) is 0 Å². The van der Waals surface area contributed by atoms with Gasteiger partial charge in [-0.2, -0.15) is 0 Å². The molecule has 1 N–H and O–H groups in total. The molecule has 0 radical (unpaired) electrons. The Labute approximate surface area is 130 Å². The van der Waals surface area contributed by atoms with Crippen LogP contribution in [0.25, 0.3) is 11.0 Å². The van der Waals surface area contributed by atoms with Crippen molar-refractivity contribution in [3.8, 4) is 11.5 Å². The van der Waals surface area contributed by atoms with E-state index in [2.05, 4.69) is 22.9 Å². The van der Waals surface area contributed by atoms with Gasteiger partial charge in [-0.25, -0.2) is 4.98 Å². The predicted molar refractivity (Wildman–Crippen MR) is 85.9 cm³/mol. The van der Waals surface area contributed by atoms with Crippen LogP contribution in [0.4, 0.5) is 0 Å². The molecule has 118 valence electrons. The first-order valence-electron chi connectivity index (χ1n) is 8.38. The van der Waals surface area contributed by atoms with Gasteiger partial charge in [-0.15, -0.1) is 0 Å². The summed E-state index contributed by atoms with van der Waals surface area (Å²) in [7, 11) is 0. The molecule has 0 amide bonds. The Morgan fingerprint density at radius 2 is 1.91 bits per heavy atom. The summed E-state index contributed by atoms with van der Waals surface area (Å²) >= 11 is 0. The fraction of sp³-hybridized carbons (Fsp3) is 0.588. The third-order valence-corrected chi connectivity index (χ3v) is 4.57. The van der Waals surface area contributed by atoms with Crippen LogP contribution in [0.1, 0.15) is 38.1 Å². The van der Waals surface area contributed by atoms with Gasteiger partial charge in [-0.3, -0.25) is 0 Å². The van der Waals surface area contributed by atoms with Crippen molar-refractivity contribution in [1.29, 1.82) is 0 Å². The number of fused-ring (bicyclic) bond motifs is 2. The molecule has 0 unspecified atom stereocenters. The van der Waals surface area contributed by atoms with Gasteiger partial charge in [-0.1, -0.05) is 6.92 Å². The second-order valence-electron chi connectivity index (χ2n) is 6.11. The summed E-state index contributed by atoms with van der Waals surface area (Å²) in [5, 5.41) is 3.45. The highest BCUT2D eigenvalue weighted by Gasteiger charge is 2.23. The highest BCUT2D eigenvalue weighted by molar-refractivity contribution is 5.81. The number of piperidine rings is 1. The lowest BCUT2D eigenvalue weighted by Gasteiger charge is -2.26. The summed E-state index contributed by atoms with van der Waals surface area (Å²) in [6.07, 6.45) is 4.46. The van der Waals surface area contributed by atoms with Crippen molar-refractivity contribution in [2.45, 2.75) is 38.6 Å². The van der Waals surface area contributed by atoms with Gasteiger partial charge >= 0.3 is 0 Å². The van der Waals surface area contributed by atoms with Gasteiger partial charge < -0.3 is 19.4 Å². The number of nitrogens with zero attached hydrogens (tertiary/aromatic N) is 2. The molecule has 3 heterocycles. The number of rotatable bonds is 3. The Bertz CT molecular complexity index is 674. The molecular formula is C17H23N3O2. The lowest BCUT2D eigenvalue weighted by molar-refractivity contribution is 0.172. The van der Waals surface area contributed by atoms with Gasteiger partial charge in [0.05, 0.1) is 11.0 Å². The summed E-state index contributed by atoms with van der Waals surface area (Å²) in [6, 6.07) is 4.70. The summed E-state index contributed by atoms with van der Waals surface area (Å²) in [5.41, 5.74) is 2.23. The summed E-state index contributed by atoms with van der Waals surface area (Å²) < 4.78 is 13.9. The standard InChI is InChI=1S/C17H23N3O2/c1-2-3-17-19-13-10-15-16(22-9-8-21-15)11-14(13)20(17)12-4-6-18-7-5-12/h10-12,18H,2-9H2,1H3. The quantitative estimate of drug-likeness (QED) is 0.947. The summed E-state index contributed by atoms with van der Waals surface area (Å²) in [5.74, 6) is 2.89. The van der Waals surface area contributed by atoms with Crippen molar-refractivity contribution in [1.82, 2.24) is 14.9 Å². The van der Waals surface area contributed by atoms with Crippen LogP contribution in [-0.2, 0) is 6.42 Å². The van der Waals surface area contributed by atoms with Crippen LogP contribution in [0.3, 0.4) is 0 Å². The minimum Gasteiger partial charge on any atom is -0.486 e. The molecule has 0 spiro atoms. The van der Waals surface area contributed by atoms with E-state index in [0.717, 1.165) is 55.8 Å². The van der Waals surface area contributed by atoms with Gasteiger partial charge in [0.15, 0.2) is 11.5 Å². The number of aromatic nitrogens is 2.